The minimum atomic E-state index is -0.942. The maximum Gasteiger partial charge on any atom is 0.234 e. The molecule has 32 heavy (non-hydrogen) atoms. The summed E-state index contributed by atoms with van der Waals surface area (Å²) in [7, 11) is 6.36. The van der Waals surface area contributed by atoms with E-state index >= 15 is 0 Å². The Balaban J connectivity index is 0.000000482. The van der Waals surface area contributed by atoms with Crippen LogP contribution in [0.3, 0.4) is 0 Å². The molecular formula is C22H30N4O6. The first-order chi connectivity index (χ1) is 15.2. The van der Waals surface area contributed by atoms with E-state index < -0.39 is 17.9 Å². The highest BCUT2D eigenvalue weighted by atomic mass is 16.5. The second-order valence-corrected chi connectivity index (χ2v) is 6.47. The smallest absolute Gasteiger partial charge is 0.234 e. The SMILES string of the molecule is COc1ccc(/C=C\c2cc(OC)c(OC)c(OC)c2)cc1N.NC(=O)C[C@H](N)C(N)=O. The topological polar surface area (TPSA) is 175 Å². The van der Waals surface area contributed by atoms with Crippen molar-refractivity contribution in [3.8, 4) is 23.0 Å². The van der Waals surface area contributed by atoms with Gasteiger partial charge >= 0.3 is 0 Å². The van der Waals surface area contributed by atoms with Crippen molar-refractivity contribution in [1.29, 1.82) is 0 Å². The van der Waals surface area contributed by atoms with E-state index in [0.29, 0.717) is 28.7 Å². The number of ether oxygens (including phenoxy) is 4. The van der Waals surface area contributed by atoms with Crippen molar-refractivity contribution in [3.63, 3.8) is 0 Å². The minimum Gasteiger partial charge on any atom is -0.495 e. The molecule has 1 atom stereocenters. The molecule has 0 aliphatic heterocycles. The van der Waals surface area contributed by atoms with E-state index in [1.807, 2.05) is 42.5 Å². The largest absolute Gasteiger partial charge is 0.495 e. The van der Waals surface area contributed by atoms with Crippen LogP contribution < -0.4 is 41.9 Å². The van der Waals surface area contributed by atoms with Gasteiger partial charge in [-0.3, -0.25) is 9.59 Å². The molecule has 0 bridgehead atoms. The van der Waals surface area contributed by atoms with Gasteiger partial charge in [0.2, 0.25) is 17.6 Å². The van der Waals surface area contributed by atoms with Gasteiger partial charge in [-0.15, -0.1) is 0 Å². The molecular weight excluding hydrogens is 416 g/mol. The molecule has 0 radical (unpaired) electrons. The molecule has 0 saturated carbocycles. The summed E-state index contributed by atoms with van der Waals surface area (Å²) >= 11 is 0. The highest BCUT2D eigenvalue weighted by Gasteiger charge is 2.12. The van der Waals surface area contributed by atoms with Gasteiger partial charge in [-0.2, -0.15) is 0 Å². The van der Waals surface area contributed by atoms with E-state index in [0.717, 1.165) is 11.1 Å². The predicted molar refractivity (Wildman–Crippen MR) is 123 cm³/mol. The standard InChI is InChI=1S/C18H21NO4.C4H9N3O2/c1-20-15-8-7-12(9-14(15)19)5-6-13-10-16(21-2)18(23-4)17(11-13)22-3;5-2(4(7)9)1-3(6)8/h5-11H,19H2,1-4H3;2H,1,5H2,(H2,6,8)(H2,7,9)/b6-5-;/t;2-/m.0/s1. The Morgan fingerprint density at radius 1 is 0.844 bits per heavy atom. The molecule has 0 saturated heterocycles. The fraction of sp³-hybridized carbons (Fsp3) is 0.273. The Kier molecular flexibility index (Phi) is 10.4. The summed E-state index contributed by atoms with van der Waals surface area (Å²) in [5, 5.41) is 0. The van der Waals surface area contributed by atoms with Gasteiger partial charge in [0, 0.05) is 0 Å². The molecule has 2 aromatic carbocycles. The molecule has 0 unspecified atom stereocenters. The number of rotatable bonds is 9. The molecule has 8 N–H and O–H groups in total. The van der Waals surface area contributed by atoms with E-state index in [1.165, 1.54) is 0 Å². The number of primary amides is 2. The summed E-state index contributed by atoms with van der Waals surface area (Å²) < 4.78 is 21.2. The number of nitrogens with two attached hydrogens (primary N) is 4. The number of benzene rings is 2. The van der Waals surface area contributed by atoms with Crippen LogP contribution in [0.1, 0.15) is 17.5 Å². The quantitative estimate of drug-likeness (QED) is 0.327. The summed E-state index contributed by atoms with van der Waals surface area (Å²) in [6.45, 7) is 0. The van der Waals surface area contributed by atoms with Crippen molar-refractivity contribution < 1.29 is 28.5 Å². The molecule has 2 rings (SSSR count). The minimum absolute atomic E-state index is 0.185. The number of nitrogen functional groups attached to an aromatic ring is 1. The lowest BCUT2D eigenvalue weighted by Gasteiger charge is -2.12. The lowest BCUT2D eigenvalue weighted by Crippen LogP contribution is -2.39. The zero-order valence-corrected chi connectivity index (χ0v) is 18.6. The zero-order valence-electron chi connectivity index (χ0n) is 18.6. The number of carbonyl (C=O) groups is 2. The van der Waals surface area contributed by atoms with Crippen molar-refractivity contribution in [3.05, 3.63) is 41.5 Å². The van der Waals surface area contributed by atoms with Crippen LogP contribution in [0.15, 0.2) is 30.3 Å². The Bertz CT molecular complexity index is 936. The Labute approximate surface area is 187 Å². The zero-order chi connectivity index (χ0) is 24.3. The number of hydrogen-bond donors (Lipinski definition) is 4. The molecule has 0 aromatic heterocycles. The van der Waals surface area contributed by atoms with Gasteiger partial charge in [-0.25, -0.2) is 0 Å². The highest BCUT2D eigenvalue weighted by molar-refractivity contribution is 5.86. The molecule has 0 spiro atoms. The van der Waals surface area contributed by atoms with Crippen LogP contribution in [-0.2, 0) is 9.59 Å². The third-order valence-electron chi connectivity index (χ3n) is 4.20. The molecule has 0 fully saturated rings. The predicted octanol–water partition coefficient (Wildman–Crippen LogP) is 1.15. The van der Waals surface area contributed by atoms with Gasteiger partial charge in [-0.05, 0) is 35.4 Å². The van der Waals surface area contributed by atoms with Gasteiger partial charge in [0.15, 0.2) is 11.5 Å². The van der Waals surface area contributed by atoms with Gasteiger partial charge in [0.1, 0.15) is 5.75 Å². The van der Waals surface area contributed by atoms with E-state index in [4.69, 9.17) is 41.9 Å². The first-order valence-corrected chi connectivity index (χ1v) is 9.41. The molecule has 0 heterocycles. The number of carbonyl (C=O) groups excluding carboxylic acids is 2. The molecule has 10 heteroatoms. The fourth-order valence-corrected chi connectivity index (χ4v) is 2.56. The Hall–Kier alpha value is -3.92. The summed E-state index contributed by atoms with van der Waals surface area (Å²) in [4.78, 5) is 20.2. The van der Waals surface area contributed by atoms with Crippen LogP contribution in [0, 0.1) is 0 Å². The summed E-state index contributed by atoms with van der Waals surface area (Å²) in [5.41, 5.74) is 22.9. The van der Waals surface area contributed by atoms with Crippen molar-refractivity contribution in [2.24, 2.45) is 17.2 Å². The lowest BCUT2D eigenvalue weighted by molar-refractivity contribution is -0.124. The molecule has 174 valence electrons. The van der Waals surface area contributed by atoms with Crippen LogP contribution >= 0.6 is 0 Å². The third-order valence-corrected chi connectivity index (χ3v) is 4.20. The van der Waals surface area contributed by atoms with Crippen LogP contribution in [0.4, 0.5) is 5.69 Å². The maximum atomic E-state index is 10.1. The normalized spacial score (nSPS) is 11.2. The van der Waals surface area contributed by atoms with Crippen molar-refractivity contribution >= 4 is 29.7 Å². The first-order valence-electron chi connectivity index (χ1n) is 9.41. The molecule has 0 aliphatic rings. The van der Waals surface area contributed by atoms with E-state index in [9.17, 15) is 9.59 Å². The number of amides is 2. The van der Waals surface area contributed by atoms with Crippen molar-refractivity contribution in [1.82, 2.24) is 0 Å². The van der Waals surface area contributed by atoms with Crippen LogP contribution in [0.25, 0.3) is 12.2 Å². The Morgan fingerprint density at radius 3 is 1.75 bits per heavy atom. The highest BCUT2D eigenvalue weighted by Crippen LogP contribution is 2.38. The first kappa shape index (κ1) is 26.1. The van der Waals surface area contributed by atoms with Gasteiger partial charge in [0.25, 0.3) is 0 Å². The number of methoxy groups -OCH3 is 4. The van der Waals surface area contributed by atoms with Gasteiger partial charge in [-0.1, -0.05) is 18.2 Å². The second-order valence-electron chi connectivity index (χ2n) is 6.47. The number of hydrogen-bond acceptors (Lipinski definition) is 8. The van der Waals surface area contributed by atoms with Crippen molar-refractivity contribution in [2.45, 2.75) is 12.5 Å². The monoisotopic (exact) mass is 446 g/mol. The van der Waals surface area contributed by atoms with Crippen molar-refractivity contribution in [2.75, 3.05) is 34.2 Å². The average Bonchev–Trinajstić information content (AvgIpc) is 2.76. The molecule has 10 nitrogen and oxygen atoms in total. The molecule has 2 aromatic rings. The maximum absolute atomic E-state index is 10.1. The van der Waals surface area contributed by atoms with Crippen LogP contribution in [-0.4, -0.2) is 46.3 Å². The number of anilines is 1. The second kappa shape index (κ2) is 12.7. The van der Waals surface area contributed by atoms with E-state index in [1.54, 1.807) is 28.4 Å². The summed E-state index contributed by atoms with van der Waals surface area (Å²) in [5.74, 6) is 1.12. The average molecular weight is 447 g/mol. The molecule has 2 amide bonds. The third kappa shape index (κ3) is 7.73. The summed E-state index contributed by atoms with van der Waals surface area (Å²) in [6, 6.07) is 8.44. The summed E-state index contributed by atoms with van der Waals surface area (Å²) in [6.07, 6.45) is 3.72. The Morgan fingerprint density at radius 2 is 1.38 bits per heavy atom. The van der Waals surface area contributed by atoms with E-state index in [-0.39, 0.29) is 6.42 Å². The van der Waals surface area contributed by atoms with E-state index in [2.05, 4.69) is 0 Å². The van der Waals surface area contributed by atoms with Gasteiger partial charge in [0.05, 0.1) is 46.6 Å². The van der Waals surface area contributed by atoms with Crippen LogP contribution in [0.2, 0.25) is 0 Å². The van der Waals surface area contributed by atoms with Crippen LogP contribution in [0.5, 0.6) is 23.0 Å². The molecule has 0 aliphatic carbocycles. The van der Waals surface area contributed by atoms with Gasteiger partial charge < -0.3 is 41.9 Å². The fourth-order valence-electron chi connectivity index (χ4n) is 2.56. The lowest BCUT2D eigenvalue weighted by atomic mass is 10.1.